The highest BCUT2D eigenvalue weighted by molar-refractivity contribution is 7.93. The Morgan fingerprint density at radius 3 is 2.20 bits per heavy atom. The summed E-state index contributed by atoms with van der Waals surface area (Å²) >= 11 is 5.84. The summed E-state index contributed by atoms with van der Waals surface area (Å²) in [5.74, 6) is 0.0277. The van der Waals surface area contributed by atoms with E-state index in [9.17, 15) is 16.8 Å². The largest absolute Gasteiger partial charge is 0.284 e. The Bertz CT molecular complexity index is 927. The molecule has 0 fully saturated rings. The van der Waals surface area contributed by atoms with Crippen molar-refractivity contribution in [2.24, 2.45) is 0 Å². The summed E-state index contributed by atoms with van der Waals surface area (Å²) in [6.45, 7) is 1.90. The molecule has 0 atom stereocenters. The smallest absolute Gasteiger partial charge is 0.261 e. The molecule has 9 heteroatoms. The predicted molar refractivity (Wildman–Crippen MR) is 101 cm³/mol. The number of unbranched alkanes of at least 4 members (excludes halogenated alkanes) is 1. The zero-order valence-electron chi connectivity index (χ0n) is 13.6. The maximum Gasteiger partial charge on any atom is 0.261 e. The van der Waals surface area contributed by atoms with Gasteiger partial charge in [-0.15, -0.1) is 0 Å². The molecule has 136 valence electrons. The number of anilines is 2. The van der Waals surface area contributed by atoms with E-state index in [1.54, 1.807) is 18.2 Å². The highest BCUT2D eigenvalue weighted by Gasteiger charge is 2.15. The molecule has 0 heterocycles. The van der Waals surface area contributed by atoms with Crippen LogP contribution in [0.4, 0.5) is 11.4 Å². The molecule has 0 saturated heterocycles. The highest BCUT2D eigenvalue weighted by Crippen LogP contribution is 2.21. The van der Waals surface area contributed by atoms with Gasteiger partial charge < -0.3 is 0 Å². The minimum Gasteiger partial charge on any atom is -0.284 e. The lowest BCUT2D eigenvalue weighted by atomic mass is 10.3. The van der Waals surface area contributed by atoms with Crippen molar-refractivity contribution in [3.63, 3.8) is 0 Å². The van der Waals surface area contributed by atoms with Gasteiger partial charge >= 0.3 is 0 Å². The molecule has 0 radical (unpaired) electrons. The van der Waals surface area contributed by atoms with Gasteiger partial charge in [0.2, 0.25) is 10.0 Å². The van der Waals surface area contributed by atoms with Crippen LogP contribution in [0, 0.1) is 0 Å². The fourth-order valence-electron chi connectivity index (χ4n) is 2.03. The maximum absolute atomic E-state index is 12.4. The first-order valence-electron chi connectivity index (χ1n) is 7.61. The average Bonchev–Trinajstić information content (AvgIpc) is 2.53. The Labute approximate surface area is 153 Å². The SMILES string of the molecule is CCCCS(=O)(=O)Nc1ccc(S(=O)(=O)Nc2cccc(Cl)c2)cc1. The average molecular weight is 403 g/mol. The standard InChI is InChI=1S/C16H19ClN2O4S2/c1-2-3-11-24(20,21)18-14-7-9-16(10-8-14)25(22,23)19-15-6-4-5-13(17)12-15/h4-10,12,18-19H,2-3,11H2,1H3. The molecule has 2 N–H and O–H groups in total. The number of sulfonamides is 2. The zero-order chi connectivity index (χ0) is 18.5. The van der Waals surface area contributed by atoms with Crippen molar-refractivity contribution in [2.75, 3.05) is 15.2 Å². The lowest BCUT2D eigenvalue weighted by molar-refractivity contribution is 0.597. The fourth-order valence-corrected chi connectivity index (χ4v) is 4.54. The van der Waals surface area contributed by atoms with Crippen molar-refractivity contribution in [3.8, 4) is 0 Å². The molecule has 0 unspecified atom stereocenters. The van der Waals surface area contributed by atoms with Crippen LogP contribution in [0.1, 0.15) is 19.8 Å². The molecule has 25 heavy (non-hydrogen) atoms. The van der Waals surface area contributed by atoms with E-state index < -0.39 is 20.0 Å². The van der Waals surface area contributed by atoms with E-state index in [0.717, 1.165) is 6.42 Å². The van der Waals surface area contributed by atoms with Crippen LogP contribution in [0.3, 0.4) is 0 Å². The molecule has 0 aliphatic rings. The van der Waals surface area contributed by atoms with Crippen LogP contribution in [0.25, 0.3) is 0 Å². The van der Waals surface area contributed by atoms with Crippen LogP contribution in [0.5, 0.6) is 0 Å². The Hall–Kier alpha value is -1.77. The first kappa shape index (κ1) is 19.6. The summed E-state index contributed by atoms with van der Waals surface area (Å²) in [5.41, 5.74) is 0.662. The number of benzene rings is 2. The van der Waals surface area contributed by atoms with Crippen molar-refractivity contribution in [1.29, 1.82) is 0 Å². The van der Waals surface area contributed by atoms with Crippen LogP contribution in [-0.2, 0) is 20.0 Å². The minimum atomic E-state index is -3.79. The van der Waals surface area contributed by atoms with E-state index in [1.807, 2.05) is 6.92 Å². The van der Waals surface area contributed by atoms with Gasteiger partial charge in [-0.3, -0.25) is 9.44 Å². The number of nitrogens with one attached hydrogen (secondary N) is 2. The Morgan fingerprint density at radius 2 is 1.60 bits per heavy atom. The summed E-state index contributed by atoms with van der Waals surface area (Å²) < 4.78 is 53.3. The topological polar surface area (TPSA) is 92.3 Å². The summed E-state index contributed by atoms with van der Waals surface area (Å²) in [6, 6.07) is 11.9. The van der Waals surface area contributed by atoms with E-state index in [2.05, 4.69) is 9.44 Å². The molecule has 0 aliphatic heterocycles. The van der Waals surface area contributed by atoms with Crippen molar-refractivity contribution in [1.82, 2.24) is 0 Å². The third-order valence-corrected chi connectivity index (χ3v) is 6.29. The lowest BCUT2D eigenvalue weighted by Gasteiger charge is -2.10. The molecular weight excluding hydrogens is 384 g/mol. The first-order chi connectivity index (χ1) is 11.7. The molecule has 0 aromatic heterocycles. The molecule has 0 spiro atoms. The van der Waals surface area contributed by atoms with Crippen LogP contribution >= 0.6 is 11.6 Å². The third-order valence-electron chi connectivity index (χ3n) is 3.28. The summed E-state index contributed by atoms with van der Waals surface area (Å²) in [6.07, 6.45) is 1.33. The molecular formula is C16H19ClN2O4S2. The Morgan fingerprint density at radius 1 is 0.920 bits per heavy atom. The summed E-state index contributed by atoms with van der Waals surface area (Å²) in [7, 11) is -7.22. The van der Waals surface area contributed by atoms with Crippen LogP contribution < -0.4 is 9.44 Å². The number of hydrogen-bond donors (Lipinski definition) is 2. The zero-order valence-corrected chi connectivity index (χ0v) is 16.0. The summed E-state index contributed by atoms with van der Waals surface area (Å²) in [4.78, 5) is 0.0176. The molecule has 2 aromatic rings. The quantitative estimate of drug-likeness (QED) is 0.704. The van der Waals surface area contributed by atoms with Crippen molar-refractivity contribution >= 4 is 43.0 Å². The maximum atomic E-state index is 12.4. The van der Waals surface area contributed by atoms with Crippen LogP contribution in [-0.4, -0.2) is 22.6 Å². The lowest BCUT2D eigenvalue weighted by Crippen LogP contribution is -2.17. The van der Waals surface area contributed by atoms with Gasteiger partial charge in [0.25, 0.3) is 10.0 Å². The van der Waals surface area contributed by atoms with Crippen LogP contribution in [0.15, 0.2) is 53.4 Å². The van der Waals surface area contributed by atoms with Crippen molar-refractivity contribution in [3.05, 3.63) is 53.6 Å². The molecule has 2 rings (SSSR count). The van der Waals surface area contributed by atoms with Gasteiger partial charge in [0.05, 0.1) is 16.3 Å². The highest BCUT2D eigenvalue weighted by atomic mass is 35.5. The predicted octanol–water partition coefficient (Wildman–Crippen LogP) is 3.68. The Balaban J connectivity index is 2.13. The first-order valence-corrected chi connectivity index (χ1v) is 11.1. The van der Waals surface area contributed by atoms with E-state index >= 15 is 0 Å². The Kier molecular flexibility index (Phi) is 6.31. The number of halogens is 1. The third kappa shape index (κ3) is 5.91. The van der Waals surface area contributed by atoms with E-state index in [-0.39, 0.29) is 10.6 Å². The molecule has 0 saturated carbocycles. The van der Waals surface area contributed by atoms with Gasteiger partial charge in [-0.05, 0) is 48.9 Å². The normalized spacial score (nSPS) is 11.9. The second-order valence-electron chi connectivity index (χ2n) is 5.41. The molecule has 0 aliphatic carbocycles. The monoisotopic (exact) mass is 402 g/mol. The van der Waals surface area contributed by atoms with Gasteiger partial charge in [0.1, 0.15) is 0 Å². The molecule has 0 bridgehead atoms. The second-order valence-corrected chi connectivity index (χ2v) is 9.38. The second kappa shape index (κ2) is 8.07. The van der Waals surface area contributed by atoms with E-state index in [1.165, 1.54) is 30.3 Å². The fraction of sp³-hybridized carbons (Fsp3) is 0.250. The number of hydrogen-bond acceptors (Lipinski definition) is 4. The van der Waals surface area contributed by atoms with E-state index in [0.29, 0.717) is 22.8 Å². The van der Waals surface area contributed by atoms with Gasteiger partial charge in [0.15, 0.2) is 0 Å². The van der Waals surface area contributed by atoms with Crippen LogP contribution in [0.2, 0.25) is 5.02 Å². The number of rotatable bonds is 8. The molecule has 6 nitrogen and oxygen atoms in total. The molecule has 0 amide bonds. The van der Waals surface area contributed by atoms with Gasteiger partial charge in [-0.25, -0.2) is 16.8 Å². The molecule has 2 aromatic carbocycles. The van der Waals surface area contributed by atoms with Crippen molar-refractivity contribution < 1.29 is 16.8 Å². The van der Waals surface area contributed by atoms with Gasteiger partial charge in [-0.1, -0.05) is 31.0 Å². The summed E-state index contributed by atoms with van der Waals surface area (Å²) in [5, 5.41) is 0.414. The van der Waals surface area contributed by atoms with Gasteiger partial charge in [0, 0.05) is 10.7 Å². The van der Waals surface area contributed by atoms with E-state index in [4.69, 9.17) is 11.6 Å². The van der Waals surface area contributed by atoms with Crippen molar-refractivity contribution in [2.45, 2.75) is 24.7 Å². The minimum absolute atomic E-state index is 0.0176. The van der Waals surface area contributed by atoms with Gasteiger partial charge in [-0.2, -0.15) is 0 Å².